The molecule has 0 amide bonds. The Bertz CT molecular complexity index is 806. The molecule has 2 heteroatoms. The van der Waals surface area contributed by atoms with Crippen molar-refractivity contribution < 1.29 is 18.9 Å². The van der Waals surface area contributed by atoms with Crippen molar-refractivity contribution in [3.8, 4) is 0 Å². The number of rotatable bonds is 6. The number of allylic oxidation sites excluding steroid dienone is 3. The van der Waals surface area contributed by atoms with Crippen LogP contribution in [-0.2, 0) is 6.42 Å². The Morgan fingerprint density at radius 2 is 1.85 bits per heavy atom. The maximum atomic E-state index is 5.02. The van der Waals surface area contributed by atoms with Crippen LogP contribution in [0.3, 0.4) is 0 Å². The van der Waals surface area contributed by atoms with E-state index in [1.807, 2.05) is 0 Å². The van der Waals surface area contributed by atoms with Gasteiger partial charge in [0.05, 0.1) is 0 Å². The van der Waals surface area contributed by atoms with Crippen LogP contribution in [-0.4, -0.2) is 0 Å². The summed E-state index contributed by atoms with van der Waals surface area (Å²) in [6, 6.07) is 20.0. The van der Waals surface area contributed by atoms with E-state index in [1.54, 1.807) is 0 Å². The van der Waals surface area contributed by atoms with Crippen molar-refractivity contribution in [2.75, 3.05) is 0 Å². The van der Waals surface area contributed by atoms with Crippen LogP contribution in [0.15, 0.2) is 72.4 Å². The minimum absolute atomic E-state index is 0. The second-order valence-electron chi connectivity index (χ2n) is 7.62. The first kappa shape index (κ1) is 20.1. The van der Waals surface area contributed by atoms with Crippen LogP contribution in [0.2, 0.25) is 0 Å². The monoisotopic (exact) mass is 349 g/mol. The van der Waals surface area contributed by atoms with Crippen LogP contribution >= 0.6 is 0 Å². The normalized spacial score (nSPS) is 20.3. The molecular weight excluding hydrogens is 321 g/mol. The van der Waals surface area contributed by atoms with Crippen LogP contribution in [0, 0.1) is 5.92 Å². The van der Waals surface area contributed by atoms with Gasteiger partial charge in [0.1, 0.15) is 0 Å². The van der Waals surface area contributed by atoms with Crippen LogP contribution < -0.4 is 18.9 Å². The van der Waals surface area contributed by atoms with Crippen molar-refractivity contribution in [2.45, 2.75) is 51.5 Å². The van der Waals surface area contributed by atoms with E-state index in [0.29, 0.717) is 0 Å². The smallest absolute Gasteiger partial charge is 0.684 e. The third-order valence-corrected chi connectivity index (χ3v) is 5.79. The topological polar surface area (TPSA) is 14.1 Å². The van der Waals surface area contributed by atoms with E-state index in [9.17, 15) is 0 Å². The molecule has 27 heavy (non-hydrogen) atoms. The number of benzene rings is 2. The first-order valence-electron chi connectivity index (χ1n) is 10.1. The average Bonchev–Trinajstić information content (AvgIpc) is 3.07. The standard InChI is InChI=1S/C25H28N.Li/c1-2-3-13-25(20-9-5-4-6-10-20)26-18-19-14-15-22-17-21-11-7-8-12-23(21)24(22)16-19;/h4-12,16,18,22,25H,2-3,13-15,17H2,1H3;/q-1;+1/b19-18+;. The van der Waals surface area contributed by atoms with E-state index in [1.165, 1.54) is 53.5 Å². The fraction of sp³-hybridized carbons (Fsp3) is 0.360. The van der Waals surface area contributed by atoms with E-state index in [-0.39, 0.29) is 24.9 Å². The van der Waals surface area contributed by atoms with Gasteiger partial charge in [-0.15, -0.1) is 0 Å². The SMILES string of the molecule is CCCCC([N-]/C=C1/C=C2c3ccccc3CC2CC1)c1ccccc1.[Li+]. The molecule has 0 radical (unpaired) electrons. The second-order valence-corrected chi connectivity index (χ2v) is 7.62. The fourth-order valence-corrected chi connectivity index (χ4v) is 4.33. The third kappa shape index (κ3) is 4.60. The van der Waals surface area contributed by atoms with Gasteiger partial charge >= 0.3 is 18.9 Å². The minimum atomic E-state index is 0. The van der Waals surface area contributed by atoms with Crippen molar-refractivity contribution in [3.05, 3.63) is 94.5 Å². The van der Waals surface area contributed by atoms with E-state index < -0.39 is 0 Å². The zero-order chi connectivity index (χ0) is 17.8. The zero-order valence-corrected chi connectivity index (χ0v) is 16.7. The van der Waals surface area contributed by atoms with Gasteiger partial charge in [0.25, 0.3) is 0 Å². The van der Waals surface area contributed by atoms with Crippen molar-refractivity contribution >= 4 is 5.57 Å². The minimum Gasteiger partial charge on any atom is -0.684 e. The van der Waals surface area contributed by atoms with Gasteiger partial charge in [-0.1, -0.05) is 104 Å². The molecule has 0 spiro atoms. The number of fused-ring (bicyclic) bond motifs is 3. The van der Waals surface area contributed by atoms with Crippen LogP contribution in [0.25, 0.3) is 10.9 Å². The van der Waals surface area contributed by atoms with Gasteiger partial charge in [-0.25, -0.2) is 0 Å². The van der Waals surface area contributed by atoms with Gasteiger partial charge < -0.3 is 5.32 Å². The third-order valence-electron chi connectivity index (χ3n) is 5.79. The number of unbranched alkanes of at least 4 members (excludes halogenated alkanes) is 1. The number of hydrogen-bond donors (Lipinski definition) is 0. The van der Waals surface area contributed by atoms with Gasteiger partial charge in [0.2, 0.25) is 0 Å². The van der Waals surface area contributed by atoms with Gasteiger partial charge in [-0.3, -0.25) is 0 Å². The van der Waals surface area contributed by atoms with Crippen molar-refractivity contribution in [2.24, 2.45) is 5.92 Å². The molecule has 0 bridgehead atoms. The summed E-state index contributed by atoms with van der Waals surface area (Å²) in [6.45, 7) is 2.25. The Morgan fingerprint density at radius 3 is 2.67 bits per heavy atom. The van der Waals surface area contributed by atoms with E-state index in [2.05, 4.69) is 73.8 Å². The summed E-state index contributed by atoms with van der Waals surface area (Å²) in [7, 11) is 0. The van der Waals surface area contributed by atoms with Crippen molar-refractivity contribution in [3.63, 3.8) is 0 Å². The summed E-state index contributed by atoms with van der Waals surface area (Å²) in [6.07, 6.45) is 11.8. The molecule has 2 aliphatic carbocycles. The molecule has 134 valence electrons. The van der Waals surface area contributed by atoms with E-state index in [4.69, 9.17) is 5.32 Å². The van der Waals surface area contributed by atoms with E-state index in [0.717, 1.165) is 18.8 Å². The number of nitrogens with zero attached hydrogens (tertiary/aromatic N) is 1. The summed E-state index contributed by atoms with van der Waals surface area (Å²) in [4.78, 5) is 0. The Hall–Kier alpha value is -1.68. The first-order chi connectivity index (χ1) is 12.8. The Labute approximate surface area is 176 Å². The average molecular weight is 349 g/mol. The predicted molar refractivity (Wildman–Crippen MR) is 111 cm³/mol. The van der Waals surface area contributed by atoms with Crippen molar-refractivity contribution in [1.29, 1.82) is 0 Å². The molecule has 2 atom stereocenters. The molecule has 2 aromatic rings. The summed E-state index contributed by atoms with van der Waals surface area (Å²) in [5.74, 6) is 0.717. The molecule has 0 saturated heterocycles. The molecule has 0 N–H and O–H groups in total. The van der Waals surface area contributed by atoms with E-state index >= 15 is 0 Å². The Kier molecular flexibility index (Phi) is 7.05. The molecule has 0 heterocycles. The molecule has 2 unspecified atom stereocenters. The molecule has 0 fully saturated rings. The quantitative estimate of drug-likeness (QED) is 0.693. The molecule has 0 aliphatic heterocycles. The zero-order valence-electron chi connectivity index (χ0n) is 16.7. The molecule has 2 aliphatic rings. The maximum Gasteiger partial charge on any atom is 1.00 e. The molecule has 4 rings (SSSR count). The van der Waals surface area contributed by atoms with Crippen LogP contribution in [0.5, 0.6) is 0 Å². The van der Waals surface area contributed by atoms with Crippen LogP contribution in [0.4, 0.5) is 0 Å². The molecule has 0 aromatic heterocycles. The summed E-state index contributed by atoms with van der Waals surface area (Å²) in [5, 5.41) is 5.02. The summed E-state index contributed by atoms with van der Waals surface area (Å²) < 4.78 is 0. The molecule has 1 nitrogen and oxygen atoms in total. The number of hydrogen-bond acceptors (Lipinski definition) is 0. The molecular formula is C25H28LiN. The van der Waals surface area contributed by atoms with Crippen molar-refractivity contribution in [1.82, 2.24) is 0 Å². The predicted octanol–water partition coefficient (Wildman–Crippen LogP) is 4.23. The van der Waals surface area contributed by atoms with Gasteiger partial charge in [0.15, 0.2) is 0 Å². The molecule has 2 aromatic carbocycles. The molecule has 0 saturated carbocycles. The fourth-order valence-electron chi connectivity index (χ4n) is 4.33. The second kappa shape index (κ2) is 9.49. The van der Waals surface area contributed by atoms with Gasteiger partial charge in [0, 0.05) is 0 Å². The van der Waals surface area contributed by atoms with Gasteiger partial charge in [-0.2, -0.15) is 6.20 Å². The largest absolute Gasteiger partial charge is 1.00 e. The summed E-state index contributed by atoms with van der Waals surface area (Å²) in [5.41, 5.74) is 7.26. The Balaban J connectivity index is 0.00000210. The Morgan fingerprint density at radius 1 is 1.07 bits per heavy atom. The summed E-state index contributed by atoms with van der Waals surface area (Å²) >= 11 is 0. The van der Waals surface area contributed by atoms with Gasteiger partial charge in [-0.05, 0) is 41.9 Å². The maximum absolute atomic E-state index is 5.02. The first-order valence-corrected chi connectivity index (χ1v) is 10.1. The van der Waals surface area contributed by atoms with Crippen LogP contribution in [0.1, 0.15) is 61.8 Å².